The van der Waals surface area contributed by atoms with Gasteiger partial charge in [0.25, 0.3) is 0 Å². The second-order valence-electron chi connectivity index (χ2n) is 14.9. The topological polar surface area (TPSA) is 364 Å². The van der Waals surface area contributed by atoms with Gasteiger partial charge in [0.1, 0.15) is 36.3 Å². The number of carbonyl (C=O) groups is 3. The van der Waals surface area contributed by atoms with E-state index in [9.17, 15) is 57.9 Å². The van der Waals surface area contributed by atoms with Gasteiger partial charge in [-0.15, -0.1) is 0 Å². The maximum Gasteiger partial charge on any atom is 0.481 e. The van der Waals surface area contributed by atoms with Crippen molar-refractivity contribution < 1.29 is 80.5 Å². The van der Waals surface area contributed by atoms with E-state index in [4.69, 9.17) is 19.5 Å². The van der Waals surface area contributed by atoms with Crippen LogP contribution in [0.1, 0.15) is 84.8 Å². The molecule has 0 aromatic carbocycles. The number of phosphoric ester groups is 3. The monoisotopic (exact) mass is 973 g/mol. The summed E-state index contributed by atoms with van der Waals surface area (Å²) in [6.07, 6.45) is 9.38. The average Bonchev–Trinajstić information content (AvgIpc) is 3.76. The minimum atomic E-state index is -5.58. The van der Waals surface area contributed by atoms with Gasteiger partial charge in [-0.2, -0.15) is 4.31 Å². The molecule has 0 radical (unpaired) electrons. The molecule has 0 spiro atoms. The fraction of sp³-hybridized carbons (Fsp3) is 0.657. The van der Waals surface area contributed by atoms with Crippen LogP contribution < -0.4 is 16.4 Å². The number of aromatic nitrogens is 4. The summed E-state index contributed by atoms with van der Waals surface area (Å²) in [4.78, 5) is 88.0. The highest BCUT2D eigenvalue weighted by molar-refractivity contribution is 8.13. The standard InChI is InChI=1S/C35H58N7O17P3S/c1-4-5-6-7-8-9-10-11-12-13-14-15-26(44)63-19-18-37-25(43)16-17-38-33(47)30(46)35(2,3)21-56-62(53,54)59-61(51,52)55-20-24-29(58-60(48,49)50)28(45)34(57-24)42-23-41-27-31(36)39-22-40-32(27)42/h11-14,22-24,28-30,34,45-46H,4-10,15-21H2,1-3H3,(H,37,43)(H,38,47)(H,51,52)(H,53,54)(H2,36,39,40)(H2,48,49,50)/t24-,28-,29-,30+,34-/m1/s1. The third-order valence-electron chi connectivity index (χ3n) is 9.16. The molecule has 1 aliphatic heterocycles. The van der Waals surface area contributed by atoms with E-state index in [0.717, 1.165) is 41.8 Å². The molecule has 2 aromatic heterocycles. The predicted molar refractivity (Wildman–Crippen MR) is 228 cm³/mol. The number of carbonyl (C=O) groups excluding carboxylic acids is 3. The number of fused-ring (bicyclic) bond motifs is 1. The van der Waals surface area contributed by atoms with Gasteiger partial charge in [-0.25, -0.2) is 28.6 Å². The Morgan fingerprint density at radius 1 is 0.984 bits per heavy atom. The van der Waals surface area contributed by atoms with E-state index in [1.807, 2.05) is 12.2 Å². The number of unbranched alkanes of at least 4 members (excludes halogenated alkanes) is 6. The van der Waals surface area contributed by atoms with Gasteiger partial charge in [0, 0.05) is 37.1 Å². The summed E-state index contributed by atoms with van der Waals surface area (Å²) in [5.41, 5.74) is 4.27. The zero-order chi connectivity index (χ0) is 46.8. The number of aliphatic hydroxyl groups is 2. The lowest BCUT2D eigenvalue weighted by Crippen LogP contribution is -2.46. The molecule has 1 aliphatic rings. The van der Waals surface area contributed by atoms with E-state index >= 15 is 0 Å². The van der Waals surface area contributed by atoms with Gasteiger partial charge in [0.2, 0.25) is 11.8 Å². The first-order chi connectivity index (χ1) is 29.6. The second-order valence-corrected chi connectivity index (χ2v) is 20.3. The van der Waals surface area contributed by atoms with Crippen molar-refractivity contribution in [2.45, 2.75) is 109 Å². The van der Waals surface area contributed by atoms with Gasteiger partial charge >= 0.3 is 23.5 Å². The van der Waals surface area contributed by atoms with Gasteiger partial charge in [-0.05, 0) is 12.8 Å². The van der Waals surface area contributed by atoms with Crippen molar-refractivity contribution in [2.24, 2.45) is 5.41 Å². The first-order valence-electron chi connectivity index (χ1n) is 19.9. The summed E-state index contributed by atoms with van der Waals surface area (Å²) in [7, 11) is -16.4. The molecule has 0 bridgehead atoms. The van der Waals surface area contributed by atoms with E-state index in [0.29, 0.717) is 5.75 Å². The molecule has 356 valence electrons. The highest BCUT2D eigenvalue weighted by atomic mass is 32.2. The third-order valence-corrected chi connectivity index (χ3v) is 13.2. The Hall–Kier alpha value is -2.96. The van der Waals surface area contributed by atoms with Crippen LogP contribution in [0.3, 0.4) is 0 Å². The maximum atomic E-state index is 12.7. The van der Waals surface area contributed by atoms with Crippen LogP contribution in [-0.2, 0) is 50.7 Å². The molecule has 3 rings (SSSR count). The van der Waals surface area contributed by atoms with Gasteiger partial charge in [-0.3, -0.25) is 32.5 Å². The number of ether oxygens (including phenoxy) is 1. The quantitative estimate of drug-likeness (QED) is 0.0321. The van der Waals surface area contributed by atoms with Crippen LogP contribution >= 0.6 is 35.2 Å². The molecular formula is C35H58N7O17P3S. The molecule has 63 heavy (non-hydrogen) atoms. The molecule has 10 N–H and O–H groups in total. The number of hydrogen-bond donors (Lipinski definition) is 9. The molecule has 7 atom stereocenters. The fourth-order valence-electron chi connectivity index (χ4n) is 5.81. The molecule has 0 saturated carbocycles. The zero-order valence-corrected chi connectivity index (χ0v) is 38.5. The Balaban J connectivity index is 1.38. The van der Waals surface area contributed by atoms with E-state index in [2.05, 4.69) is 47.4 Å². The number of allylic oxidation sites excluding steroid dienone is 4. The number of amides is 2. The number of anilines is 1. The highest BCUT2D eigenvalue weighted by Gasteiger charge is 2.50. The van der Waals surface area contributed by atoms with Crippen molar-refractivity contribution in [3.8, 4) is 0 Å². The van der Waals surface area contributed by atoms with Crippen LogP contribution in [0.2, 0.25) is 0 Å². The van der Waals surface area contributed by atoms with Crippen LogP contribution in [0.5, 0.6) is 0 Å². The number of phosphoric acid groups is 3. The normalized spacial score (nSPS) is 20.8. The minimum Gasteiger partial charge on any atom is -0.386 e. The van der Waals surface area contributed by atoms with E-state index in [1.54, 1.807) is 6.08 Å². The Bertz CT molecular complexity index is 2020. The lowest BCUT2D eigenvalue weighted by molar-refractivity contribution is -0.137. The smallest absolute Gasteiger partial charge is 0.386 e. The Kier molecular flexibility index (Phi) is 22.1. The van der Waals surface area contributed by atoms with Crippen molar-refractivity contribution >= 4 is 69.1 Å². The Morgan fingerprint density at radius 2 is 1.67 bits per heavy atom. The molecule has 1 fully saturated rings. The molecule has 28 heteroatoms. The van der Waals surface area contributed by atoms with Crippen molar-refractivity contribution in [3.63, 3.8) is 0 Å². The maximum absolute atomic E-state index is 12.7. The number of imidazole rings is 1. The number of hydrogen-bond acceptors (Lipinski definition) is 18. The molecule has 24 nitrogen and oxygen atoms in total. The van der Waals surface area contributed by atoms with Crippen LogP contribution in [0.25, 0.3) is 11.2 Å². The van der Waals surface area contributed by atoms with Crippen molar-refractivity contribution in [1.82, 2.24) is 30.2 Å². The first kappa shape index (κ1) is 54.4. The van der Waals surface area contributed by atoms with E-state index in [1.165, 1.54) is 46.0 Å². The third kappa shape index (κ3) is 19.2. The molecule has 1 saturated heterocycles. The lowest BCUT2D eigenvalue weighted by atomic mass is 9.87. The number of nitrogens with one attached hydrogen (secondary N) is 2. The summed E-state index contributed by atoms with van der Waals surface area (Å²) >= 11 is 1.08. The van der Waals surface area contributed by atoms with Crippen molar-refractivity contribution in [3.05, 3.63) is 37.0 Å². The number of nitrogens with zero attached hydrogens (tertiary/aromatic N) is 4. The molecule has 2 aromatic rings. The van der Waals surface area contributed by atoms with E-state index < -0.39 is 84.6 Å². The van der Waals surface area contributed by atoms with Crippen LogP contribution in [-0.4, -0.2) is 123 Å². The summed E-state index contributed by atoms with van der Waals surface area (Å²) in [5.74, 6) is -1.11. The van der Waals surface area contributed by atoms with Gasteiger partial charge in [-0.1, -0.05) is 88.9 Å². The van der Waals surface area contributed by atoms with Crippen LogP contribution in [0.15, 0.2) is 37.0 Å². The Morgan fingerprint density at radius 3 is 2.38 bits per heavy atom. The van der Waals surface area contributed by atoms with Gasteiger partial charge in [0.05, 0.1) is 19.5 Å². The molecule has 3 heterocycles. The Labute approximate surface area is 368 Å². The van der Waals surface area contributed by atoms with Gasteiger partial charge < -0.3 is 50.9 Å². The SMILES string of the molecule is CCCCCCCCC=CC=CCC(=O)SCCNC(=O)CCNC(=O)[C@H](O)C(C)(C)COP(=O)(O)OP(=O)(O)OC[C@H]1O[C@@H](n2cnc3c(N)ncnc32)[C@H](O)[C@@H]1OP(=O)(O)O. The highest BCUT2D eigenvalue weighted by Crippen LogP contribution is 2.61. The second kappa shape index (κ2) is 25.7. The summed E-state index contributed by atoms with van der Waals surface area (Å²) < 4.78 is 62.3. The predicted octanol–water partition coefficient (Wildman–Crippen LogP) is 2.92. The first-order valence-corrected chi connectivity index (χ1v) is 25.4. The number of aliphatic hydroxyl groups excluding tert-OH is 2. The molecule has 0 aliphatic carbocycles. The fourth-order valence-corrected chi connectivity index (χ4v) is 9.29. The van der Waals surface area contributed by atoms with Crippen molar-refractivity contribution in [1.29, 1.82) is 0 Å². The average molecular weight is 974 g/mol. The molecule has 2 unspecified atom stereocenters. The number of nitrogen functional groups attached to an aromatic ring is 1. The number of thioether (sulfide) groups is 1. The number of nitrogens with two attached hydrogens (primary N) is 1. The molecule has 2 amide bonds. The van der Waals surface area contributed by atoms with Crippen LogP contribution in [0, 0.1) is 5.41 Å². The summed E-state index contributed by atoms with van der Waals surface area (Å²) in [5, 5.41) is 26.4. The van der Waals surface area contributed by atoms with E-state index in [-0.39, 0.29) is 48.0 Å². The summed E-state index contributed by atoms with van der Waals surface area (Å²) in [6, 6.07) is 0. The van der Waals surface area contributed by atoms with Crippen LogP contribution in [0.4, 0.5) is 5.82 Å². The van der Waals surface area contributed by atoms with Crippen molar-refractivity contribution in [2.75, 3.05) is 37.8 Å². The number of rotatable bonds is 29. The largest absolute Gasteiger partial charge is 0.481 e. The summed E-state index contributed by atoms with van der Waals surface area (Å²) in [6.45, 7) is 2.69. The molecular weight excluding hydrogens is 915 g/mol. The van der Waals surface area contributed by atoms with Gasteiger partial charge in [0.15, 0.2) is 22.8 Å². The minimum absolute atomic E-state index is 0.0309. The zero-order valence-electron chi connectivity index (χ0n) is 35.0. The lowest BCUT2D eigenvalue weighted by Gasteiger charge is -2.30.